The number of fused-ring (bicyclic) bond motifs is 1. The maximum atomic E-state index is 12.9. The number of amides is 1. The van der Waals surface area contributed by atoms with Crippen molar-refractivity contribution in [3.8, 4) is 11.1 Å². The highest BCUT2D eigenvalue weighted by Gasteiger charge is 2.32. The Morgan fingerprint density at radius 3 is 2.88 bits per heavy atom. The number of carbonyl (C=O) groups is 1. The van der Waals surface area contributed by atoms with Crippen LogP contribution in [0.4, 0.5) is 5.82 Å². The largest absolute Gasteiger partial charge is 0.361 e. The van der Waals surface area contributed by atoms with Gasteiger partial charge in [-0.3, -0.25) is 4.79 Å². The maximum Gasteiger partial charge on any atom is 0.303 e. The van der Waals surface area contributed by atoms with Gasteiger partial charge in [-0.15, -0.1) is 4.98 Å². The van der Waals surface area contributed by atoms with Crippen LogP contribution in [-0.4, -0.2) is 61.7 Å². The summed E-state index contributed by atoms with van der Waals surface area (Å²) in [6.07, 6.45) is 5.10. The van der Waals surface area contributed by atoms with E-state index in [1.165, 1.54) is 16.9 Å². The number of hydrogen-bond acceptors (Lipinski definition) is 5. The molecule has 0 bridgehead atoms. The van der Waals surface area contributed by atoms with E-state index in [0.717, 1.165) is 54.5 Å². The van der Waals surface area contributed by atoms with Gasteiger partial charge in [0.2, 0.25) is 5.91 Å². The number of carbonyl (C=O) groups excluding carboxylic acids is 1. The third kappa shape index (κ3) is 4.53. The summed E-state index contributed by atoms with van der Waals surface area (Å²) in [5, 5.41) is 0. The van der Waals surface area contributed by atoms with E-state index in [4.69, 9.17) is 6.57 Å². The molecule has 0 saturated carbocycles. The van der Waals surface area contributed by atoms with Crippen molar-refractivity contribution in [3.05, 3.63) is 58.6 Å². The Labute approximate surface area is 189 Å². The van der Waals surface area contributed by atoms with Gasteiger partial charge in [-0.05, 0) is 79.2 Å². The Morgan fingerprint density at radius 2 is 2.16 bits per heavy atom. The van der Waals surface area contributed by atoms with Crippen LogP contribution < -0.4 is 4.72 Å². The minimum Gasteiger partial charge on any atom is -0.361 e. The number of nitrogens with zero attached hydrogens (tertiary/aromatic N) is 4. The number of benzene rings is 1. The van der Waals surface area contributed by atoms with Gasteiger partial charge in [0, 0.05) is 19.6 Å². The van der Waals surface area contributed by atoms with Gasteiger partial charge in [-0.25, -0.2) is 4.72 Å². The third-order valence-electron chi connectivity index (χ3n) is 6.41. The molecule has 1 aliphatic heterocycles. The van der Waals surface area contributed by atoms with E-state index in [1.54, 1.807) is 12.3 Å². The van der Waals surface area contributed by atoms with E-state index in [-0.39, 0.29) is 18.3 Å². The SMILES string of the molecule is [C-]#[N+]c1cc(-c2ccc3c(c2CC(=O)NS(=O)(=O)N(C)C2CCN(C)C2)CCC3)ccn1. The molecule has 1 atom stereocenters. The summed E-state index contributed by atoms with van der Waals surface area (Å²) in [5.41, 5.74) is 4.79. The van der Waals surface area contributed by atoms with Crippen molar-refractivity contribution in [3.63, 3.8) is 0 Å². The van der Waals surface area contributed by atoms with E-state index in [0.29, 0.717) is 6.54 Å². The standard InChI is InChI=1S/C23H27N5O3S/c1-24-22-13-17(9-11-25-22)20-8-7-16-5-4-6-19(16)21(20)14-23(29)26-32(30,31)28(3)18-10-12-27(2)15-18/h7-9,11,13,18H,4-6,10,12,14-15H2,2-3H3,(H,26,29). The number of rotatable bonds is 6. The Bertz CT molecular complexity index is 1190. The number of likely N-dealkylation sites (tertiary alicyclic amines) is 1. The molecule has 8 nitrogen and oxygen atoms in total. The number of nitrogens with one attached hydrogen (secondary N) is 1. The quantitative estimate of drug-likeness (QED) is 0.679. The molecule has 2 heterocycles. The third-order valence-corrected chi connectivity index (χ3v) is 7.95. The second-order valence-corrected chi connectivity index (χ2v) is 10.3. The van der Waals surface area contributed by atoms with Crippen LogP contribution in [0, 0.1) is 6.57 Å². The summed E-state index contributed by atoms with van der Waals surface area (Å²) >= 11 is 0. The fourth-order valence-corrected chi connectivity index (χ4v) is 5.75. The average Bonchev–Trinajstić information content (AvgIpc) is 3.42. The Morgan fingerprint density at radius 1 is 1.34 bits per heavy atom. The van der Waals surface area contributed by atoms with Crippen LogP contribution in [0.15, 0.2) is 30.5 Å². The highest BCUT2D eigenvalue weighted by molar-refractivity contribution is 7.87. The van der Waals surface area contributed by atoms with Crippen LogP contribution in [0.2, 0.25) is 0 Å². The van der Waals surface area contributed by atoms with Crippen molar-refractivity contribution in [2.45, 2.75) is 38.1 Å². The van der Waals surface area contributed by atoms with Gasteiger partial charge in [-0.2, -0.15) is 12.7 Å². The lowest BCUT2D eigenvalue weighted by Crippen LogP contribution is -2.47. The summed E-state index contributed by atoms with van der Waals surface area (Å²) < 4.78 is 29.2. The van der Waals surface area contributed by atoms with Crippen molar-refractivity contribution < 1.29 is 13.2 Å². The van der Waals surface area contributed by atoms with Gasteiger partial charge in [-0.1, -0.05) is 18.7 Å². The van der Waals surface area contributed by atoms with Crippen LogP contribution in [0.25, 0.3) is 16.0 Å². The van der Waals surface area contributed by atoms with Crippen LogP contribution >= 0.6 is 0 Å². The van der Waals surface area contributed by atoms with E-state index in [1.807, 2.05) is 19.2 Å². The molecule has 0 spiro atoms. The first-order chi connectivity index (χ1) is 15.3. The van der Waals surface area contributed by atoms with Crippen molar-refractivity contribution >= 4 is 21.9 Å². The molecule has 4 rings (SSSR count). The lowest BCUT2D eigenvalue weighted by atomic mass is 9.91. The van der Waals surface area contributed by atoms with Gasteiger partial charge in [0.25, 0.3) is 5.82 Å². The topological polar surface area (TPSA) is 87.0 Å². The fraction of sp³-hybridized carbons (Fsp3) is 0.435. The summed E-state index contributed by atoms with van der Waals surface area (Å²) in [4.78, 5) is 22.4. The molecule has 9 heteroatoms. The van der Waals surface area contributed by atoms with Gasteiger partial charge in [0.1, 0.15) is 6.20 Å². The zero-order valence-electron chi connectivity index (χ0n) is 18.3. The Balaban J connectivity index is 1.60. The van der Waals surface area contributed by atoms with Crippen molar-refractivity contribution in [1.29, 1.82) is 0 Å². The molecule has 1 N–H and O–H groups in total. The van der Waals surface area contributed by atoms with Crippen LogP contribution in [0.5, 0.6) is 0 Å². The lowest BCUT2D eigenvalue weighted by Gasteiger charge is -2.24. The molecule has 0 radical (unpaired) electrons. The number of likely N-dealkylation sites (N-methyl/N-ethyl adjacent to an activating group) is 2. The van der Waals surface area contributed by atoms with E-state index >= 15 is 0 Å². The number of hydrogen-bond donors (Lipinski definition) is 1. The second kappa shape index (κ2) is 8.98. The van der Waals surface area contributed by atoms with Gasteiger partial charge < -0.3 is 9.74 Å². The molecule has 1 aliphatic carbocycles. The lowest BCUT2D eigenvalue weighted by molar-refractivity contribution is -0.118. The zero-order chi connectivity index (χ0) is 22.9. The molecule has 2 aliphatic rings. The summed E-state index contributed by atoms with van der Waals surface area (Å²) in [7, 11) is -0.456. The Kier molecular flexibility index (Phi) is 6.29. The normalized spacial score (nSPS) is 18.5. The molecule has 1 amide bonds. The van der Waals surface area contributed by atoms with Crippen LogP contribution in [-0.2, 0) is 34.3 Å². The smallest absolute Gasteiger partial charge is 0.303 e. The van der Waals surface area contributed by atoms with Crippen molar-refractivity contribution in [2.24, 2.45) is 0 Å². The first-order valence-corrected chi connectivity index (χ1v) is 12.2. The minimum absolute atomic E-state index is 0.0359. The van der Waals surface area contributed by atoms with Crippen molar-refractivity contribution in [1.82, 2.24) is 18.9 Å². The first-order valence-electron chi connectivity index (χ1n) is 10.7. The molecule has 32 heavy (non-hydrogen) atoms. The van der Waals surface area contributed by atoms with Gasteiger partial charge in [0.05, 0.1) is 6.42 Å². The summed E-state index contributed by atoms with van der Waals surface area (Å²) in [5.74, 6) is -0.270. The molecular weight excluding hydrogens is 426 g/mol. The second-order valence-electron chi connectivity index (χ2n) is 8.53. The van der Waals surface area contributed by atoms with E-state index in [2.05, 4.69) is 25.5 Å². The van der Waals surface area contributed by atoms with Crippen LogP contribution in [0.1, 0.15) is 29.5 Å². The molecular formula is C23H27N5O3S. The Hall–Kier alpha value is -2.80. The molecule has 1 saturated heterocycles. The monoisotopic (exact) mass is 453 g/mol. The summed E-state index contributed by atoms with van der Waals surface area (Å²) in [6, 6.07) is 7.40. The molecule has 1 aromatic carbocycles. The van der Waals surface area contributed by atoms with E-state index in [9.17, 15) is 13.2 Å². The molecule has 1 fully saturated rings. The number of pyridine rings is 1. The highest BCUT2D eigenvalue weighted by Crippen LogP contribution is 2.34. The first kappa shape index (κ1) is 22.4. The maximum absolute atomic E-state index is 12.9. The van der Waals surface area contributed by atoms with Gasteiger partial charge >= 0.3 is 10.2 Å². The molecule has 2 aromatic rings. The molecule has 168 valence electrons. The predicted molar refractivity (Wildman–Crippen MR) is 122 cm³/mol. The van der Waals surface area contributed by atoms with Gasteiger partial charge in [0.15, 0.2) is 0 Å². The molecule has 1 aromatic heterocycles. The van der Waals surface area contributed by atoms with Crippen molar-refractivity contribution in [2.75, 3.05) is 27.2 Å². The fourth-order valence-electron chi connectivity index (χ4n) is 4.68. The molecule has 1 unspecified atom stereocenters. The average molecular weight is 454 g/mol. The highest BCUT2D eigenvalue weighted by atomic mass is 32.2. The minimum atomic E-state index is -3.93. The predicted octanol–water partition coefficient (Wildman–Crippen LogP) is 2.33. The number of aryl methyl sites for hydroxylation is 1. The zero-order valence-corrected chi connectivity index (χ0v) is 19.2. The summed E-state index contributed by atoms with van der Waals surface area (Å²) in [6.45, 7) is 8.71. The number of aromatic nitrogens is 1. The van der Waals surface area contributed by atoms with E-state index < -0.39 is 16.1 Å². The van der Waals surface area contributed by atoms with Crippen LogP contribution in [0.3, 0.4) is 0 Å².